The predicted octanol–water partition coefficient (Wildman–Crippen LogP) is 6.30. The summed E-state index contributed by atoms with van der Waals surface area (Å²) in [7, 11) is 0. The number of thioether (sulfide) groups is 1. The molecule has 0 aromatic heterocycles. The van der Waals surface area contributed by atoms with E-state index in [9.17, 15) is 4.79 Å². The molecule has 0 unspecified atom stereocenters. The maximum atomic E-state index is 12.4. The molecular weight excluding hydrogens is 352 g/mol. The van der Waals surface area contributed by atoms with Crippen LogP contribution in [0.3, 0.4) is 0 Å². The van der Waals surface area contributed by atoms with Crippen LogP contribution in [0.4, 0.5) is 0 Å². The van der Waals surface area contributed by atoms with Gasteiger partial charge in [-0.05, 0) is 72.4 Å². The summed E-state index contributed by atoms with van der Waals surface area (Å²) in [6, 6.07) is 10.9. The van der Waals surface area contributed by atoms with Gasteiger partial charge in [-0.2, -0.15) is 0 Å². The van der Waals surface area contributed by atoms with Gasteiger partial charge >= 0.3 is 5.97 Å². The number of carbonyl (C=O) groups is 1. The van der Waals surface area contributed by atoms with Gasteiger partial charge in [-0.3, -0.25) is 4.79 Å². The lowest BCUT2D eigenvalue weighted by molar-refractivity contribution is -0.156. The number of hydrogen-bond donors (Lipinski definition) is 0. The fourth-order valence-corrected chi connectivity index (χ4v) is 5.41. The quantitative estimate of drug-likeness (QED) is 0.550. The Morgan fingerprint density at radius 1 is 1.22 bits per heavy atom. The van der Waals surface area contributed by atoms with Gasteiger partial charge in [-0.1, -0.05) is 49.4 Å². The molecule has 0 atom stereocenters. The SMILES string of the molecule is CCC1(OC(=O)CSCc2c3c(cc4ccccc24)CCC=C3)CCCC1. The topological polar surface area (TPSA) is 26.3 Å². The van der Waals surface area contributed by atoms with E-state index in [-0.39, 0.29) is 11.6 Å². The molecule has 0 aliphatic heterocycles. The molecule has 27 heavy (non-hydrogen) atoms. The first-order valence-electron chi connectivity index (χ1n) is 10.2. The molecule has 0 heterocycles. The van der Waals surface area contributed by atoms with Gasteiger partial charge in [0.05, 0.1) is 5.75 Å². The Balaban J connectivity index is 1.48. The highest BCUT2D eigenvalue weighted by molar-refractivity contribution is 7.99. The summed E-state index contributed by atoms with van der Waals surface area (Å²) in [5, 5.41) is 2.62. The molecule has 2 aromatic carbocycles. The third-order valence-corrected chi connectivity index (χ3v) is 7.04. The molecule has 3 heteroatoms. The second kappa shape index (κ2) is 8.10. The maximum Gasteiger partial charge on any atom is 0.316 e. The summed E-state index contributed by atoms with van der Waals surface area (Å²) in [4.78, 5) is 12.4. The number of hydrogen-bond acceptors (Lipinski definition) is 3. The van der Waals surface area contributed by atoms with E-state index in [1.165, 1.54) is 40.3 Å². The first-order chi connectivity index (χ1) is 13.2. The molecule has 0 saturated heterocycles. The molecule has 0 radical (unpaired) electrons. The van der Waals surface area contributed by atoms with E-state index in [1.54, 1.807) is 11.8 Å². The largest absolute Gasteiger partial charge is 0.458 e. The van der Waals surface area contributed by atoms with Crippen molar-refractivity contribution >= 4 is 34.6 Å². The van der Waals surface area contributed by atoms with Crippen molar-refractivity contribution in [2.24, 2.45) is 0 Å². The lowest BCUT2D eigenvalue weighted by Crippen LogP contribution is -2.31. The van der Waals surface area contributed by atoms with Crippen molar-refractivity contribution in [3.63, 3.8) is 0 Å². The molecule has 142 valence electrons. The first kappa shape index (κ1) is 18.6. The minimum Gasteiger partial charge on any atom is -0.458 e. The number of rotatable bonds is 6. The van der Waals surface area contributed by atoms with E-state index in [2.05, 4.69) is 49.4 Å². The van der Waals surface area contributed by atoms with Crippen LogP contribution in [-0.2, 0) is 21.7 Å². The van der Waals surface area contributed by atoms with Gasteiger partial charge < -0.3 is 4.74 Å². The van der Waals surface area contributed by atoms with E-state index in [0.29, 0.717) is 5.75 Å². The molecule has 2 aliphatic rings. The molecular formula is C24H28O2S. The van der Waals surface area contributed by atoms with E-state index in [4.69, 9.17) is 4.74 Å². The first-order valence-corrected chi connectivity index (χ1v) is 11.4. The summed E-state index contributed by atoms with van der Waals surface area (Å²) >= 11 is 1.69. The monoisotopic (exact) mass is 380 g/mol. The third-order valence-electron chi connectivity index (χ3n) is 6.11. The molecule has 0 N–H and O–H groups in total. The highest BCUT2D eigenvalue weighted by atomic mass is 32.2. The Hall–Kier alpha value is -1.74. The van der Waals surface area contributed by atoms with E-state index < -0.39 is 0 Å². The van der Waals surface area contributed by atoms with Gasteiger partial charge in [-0.15, -0.1) is 11.8 Å². The lowest BCUT2D eigenvalue weighted by Gasteiger charge is -2.27. The number of fused-ring (bicyclic) bond motifs is 2. The van der Waals surface area contributed by atoms with Crippen molar-refractivity contribution in [2.45, 2.75) is 63.2 Å². The molecule has 2 nitrogen and oxygen atoms in total. The Kier molecular flexibility index (Phi) is 5.58. The molecule has 4 rings (SSSR count). The summed E-state index contributed by atoms with van der Waals surface area (Å²) in [5.41, 5.74) is 3.98. The maximum absolute atomic E-state index is 12.4. The minimum atomic E-state index is -0.182. The van der Waals surface area contributed by atoms with Crippen LogP contribution >= 0.6 is 11.8 Å². The van der Waals surface area contributed by atoms with Crippen molar-refractivity contribution in [1.82, 2.24) is 0 Å². The third kappa shape index (κ3) is 3.94. The van der Waals surface area contributed by atoms with Crippen LogP contribution in [0, 0.1) is 0 Å². The zero-order valence-corrected chi connectivity index (χ0v) is 16.9. The number of esters is 1. The highest BCUT2D eigenvalue weighted by Crippen LogP contribution is 2.37. The second-order valence-corrected chi connectivity index (χ2v) is 8.79. The van der Waals surface area contributed by atoms with Crippen LogP contribution < -0.4 is 0 Å². The average molecular weight is 381 g/mol. The van der Waals surface area contributed by atoms with E-state index in [1.807, 2.05) is 0 Å². The molecule has 0 bridgehead atoms. The number of benzene rings is 2. The normalized spacial score (nSPS) is 17.8. The van der Waals surface area contributed by atoms with Gasteiger partial charge in [0.1, 0.15) is 5.60 Å². The molecule has 0 spiro atoms. The summed E-state index contributed by atoms with van der Waals surface area (Å²) in [5.74, 6) is 1.24. The van der Waals surface area contributed by atoms with Crippen molar-refractivity contribution in [2.75, 3.05) is 5.75 Å². The lowest BCUT2D eigenvalue weighted by atomic mass is 9.89. The number of aryl methyl sites for hydroxylation is 1. The van der Waals surface area contributed by atoms with Crippen LogP contribution in [0.5, 0.6) is 0 Å². The number of ether oxygens (including phenoxy) is 1. The fraction of sp³-hybridized carbons (Fsp3) is 0.458. The predicted molar refractivity (Wildman–Crippen MR) is 115 cm³/mol. The van der Waals surface area contributed by atoms with Crippen molar-refractivity contribution in [3.8, 4) is 0 Å². The average Bonchev–Trinajstić information content (AvgIpc) is 3.16. The molecule has 2 aliphatic carbocycles. The van der Waals surface area contributed by atoms with Crippen LogP contribution in [-0.4, -0.2) is 17.3 Å². The second-order valence-electron chi connectivity index (χ2n) is 7.80. The standard InChI is InChI=1S/C24H28O2S/c1-2-24(13-7-8-14-24)26-23(25)17-27-16-22-20-11-5-3-9-18(20)15-19-10-4-6-12-21(19)22/h3,5-6,9,11-12,15H,2,4,7-8,10,13-14,16-17H2,1H3. The molecule has 1 saturated carbocycles. The number of allylic oxidation sites excluding steroid dienone is 1. The smallest absolute Gasteiger partial charge is 0.316 e. The summed E-state index contributed by atoms with van der Waals surface area (Å²) in [6.45, 7) is 2.14. The van der Waals surface area contributed by atoms with Crippen LogP contribution in [0.15, 0.2) is 36.4 Å². The van der Waals surface area contributed by atoms with E-state index >= 15 is 0 Å². The minimum absolute atomic E-state index is 0.0478. The van der Waals surface area contributed by atoms with Crippen molar-refractivity contribution in [3.05, 3.63) is 53.1 Å². The fourth-order valence-electron chi connectivity index (χ4n) is 4.57. The van der Waals surface area contributed by atoms with Gasteiger partial charge in [0.25, 0.3) is 0 Å². The van der Waals surface area contributed by atoms with E-state index in [0.717, 1.165) is 37.9 Å². The van der Waals surface area contributed by atoms with Crippen LogP contribution in [0.25, 0.3) is 16.8 Å². The highest BCUT2D eigenvalue weighted by Gasteiger charge is 2.35. The summed E-state index contributed by atoms with van der Waals surface area (Å²) in [6.07, 6.45) is 12.1. The number of carbonyl (C=O) groups excluding carboxylic acids is 1. The van der Waals surface area contributed by atoms with Gasteiger partial charge in [0.15, 0.2) is 0 Å². The van der Waals surface area contributed by atoms with Crippen molar-refractivity contribution < 1.29 is 9.53 Å². The Morgan fingerprint density at radius 2 is 2.04 bits per heavy atom. The van der Waals surface area contributed by atoms with Crippen LogP contribution in [0.1, 0.15) is 62.1 Å². The Labute approximate surface area is 166 Å². The molecule has 0 amide bonds. The van der Waals surface area contributed by atoms with Crippen LogP contribution in [0.2, 0.25) is 0 Å². The zero-order valence-electron chi connectivity index (χ0n) is 16.1. The van der Waals surface area contributed by atoms with Gasteiger partial charge in [-0.25, -0.2) is 0 Å². The molecule has 1 fully saturated rings. The van der Waals surface area contributed by atoms with Crippen molar-refractivity contribution in [1.29, 1.82) is 0 Å². The van der Waals surface area contributed by atoms with Gasteiger partial charge in [0, 0.05) is 5.75 Å². The summed E-state index contributed by atoms with van der Waals surface area (Å²) < 4.78 is 5.91. The Morgan fingerprint density at radius 3 is 2.85 bits per heavy atom. The Bertz CT molecular complexity index is 862. The zero-order chi connectivity index (χ0) is 18.7. The van der Waals surface area contributed by atoms with Gasteiger partial charge in [0.2, 0.25) is 0 Å². The molecule has 2 aromatic rings.